The van der Waals surface area contributed by atoms with Crippen LogP contribution in [0.2, 0.25) is 15.1 Å². The van der Waals surface area contributed by atoms with Gasteiger partial charge in [-0.2, -0.15) is 0 Å². The lowest BCUT2D eigenvalue weighted by molar-refractivity contribution is -0.139. The number of nitrogens with zero attached hydrogens (tertiary/aromatic N) is 1. The number of carboxylic acid groups (broad SMARTS) is 1. The number of rotatable bonds is 7. The number of nitrogens with one attached hydrogen (secondary N) is 1. The molecule has 2 aromatic rings. The predicted octanol–water partition coefficient (Wildman–Crippen LogP) is 4.18. The van der Waals surface area contributed by atoms with E-state index in [0.717, 1.165) is 4.90 Å². The molecule has 2 aromatic carbocycles. The van der Waals surface area contributed by atoms with Gasteiger partial charge in [-0.1, -0.05) is 34.8 Å². The van der Waals surface area contributed by atoms with Crippen LogP contribution in [0.15, 0.2) is 35.9 Å². The van der Waals surface area contributed by atoms with Gasteiger partial charge >= 0.3 is 12.0 Å². The Morgan fingerprint density at radius 3 is 2.42 bits per heavy atom. The summed E-state index contributed by atoms with van der Waals surface area (Å²) in [6.07, 6.45) is 1.21. The van der Waals surface area contributed by atoms with Crippen molar-refractivity contribution < 1.29 is 33.8 Å². The Labute approximate surface area is 202 Å². The Hall–Kier alpha value is -3.27. The van der Waals surface area contributed by atoms with Gasteiger partial charge in [-0.05, 0) is 48.9 Å². The van der Waals surface area contributed by atoms with Crippen molar-refractivity contribution in [3.63, 3.8) is 0 Å². The van der Waals surface area contributed by atoms with Crippen molar-refractivity contribution in [1.29, 1.82) is 0 Å². The summed E-state index contributed by atoms with van der Waals surface area (Å²) in [5.74, 6) is -2.92. The molecule has 0 atom stereocenters. The highest BCUT2D eigenvalue weighted by molar-refractivity contribution is 6.43. The van der Waals surface area contributed by atoms with Crippen LogP contribution in [0.25, 0.3) is 6.08 Å². The van der Waals surface area contributed by atoms with Gasteiger partial charge in [0.05, 0.1) is 27.4 Å². The largest absolute Gasteiger partial charge is 0.490 e. The Kier molecular flexibility index (Phi) is 7.47. The van der Waals surface area contributed by atoms with Crippen LogP contribution in [0.3, 0.4) is 0 Å². The number of hydrogen-bond donors (Lipinski definition) is 2. The molecular formula is C21H15Cl3N2O7. The van der Waals surface area contributed by atoms with Crippen LogP contribution in [0.1, 0.15) is 12.5 Å². The van der Waals surface area contributed by atoms with E-state index in [1.807, 2.05) is 0 Å². The number of anilines is 1. The summed E-state index contributed by atoms with van der Waals surface area (Å²) in [5, 5.41) is 11.3. The summed E-state index contributed by atoms with van der Waals surface area (Å²) in [6, 6.07) is 5.94. The van der Waals surface area contributed by atoms with Gasteiger partial charge in [-0.3, -0.25) is 14.9 Å². The van der Waals surface area contributed by atoms with Crippen molar-refractivity contribution >= 4 is 70.4 Å². The highest BCUT2D eigenvalue weighted by atomic mass is 35.5. The fourth-order valence-corrected chi connectivity index (χ4v) is 3.46. The lowest BCUT2D eigenvalue weighted by atomic mass is 10.1. The van der Waals surface area contributed by atoms with Gasteiger partial charge < -0.3 is 14.6 Å². The zero-order chi connectivity index (χ0) is 24.3. The third kappa shape index (κ3) is 5.39. The Bertz CT molecular complexity index is 1200. The predicted molar refractivity (Wildman–Crippen MR) is 121 cm³/mol. The van der Waals surface area contributed by atoms with E-state index in [-0.39, 0.29) is 50.0 Å². The fourth-order valence-electron chi connectivity index (χ4n) is 2.89. The van der Waals surface area contributed by atoms with Crippen LogP contribution in [0.4, 0.5) is 10.5 Å². The van der Waals surface area contributed by atoms with Crippen LogP contribution in [-0.4, -0.2) is 42.1 Å². The van der Waals surface area contributed by atoms with Gasteiger partial charge in [0, 0.05) is 0 Å². The van der Waals surface area contributed by atoms with Gasteiger partial charge in [0.2, 0.25) is 0 Å². The molecule has 1 aliphatic rings. The summed E-state index contributed by atoms with van der Waals surface area (Å²) in [4.78, 5) is 49.3. The fraction of sp³-hybridized carbons (Fsp3) is 0.143. The van der Waals surface area contributed by atoms with Crippen molar-refractivity contribution in [1.82, 2.24) is 5.32 Å². The minimum Gasteiger partial charge on any atom is -0.490 e. The smallest absolute Gasteiger partial charge is 0.341 e. The minimum atomic E-state index is -1.21. The molecule has 9 nitrogen and oxygen atoms in total. The molecule has 0 spiro atoms. The second-order valence-corrected chi connectivity index (χ2v) is 7.72. The molecule has 0 radical (unpaired) electrons. The number of carbonyl (C=O) groups excluding carboxylic acids is 3. The molecule has 4 amide bonds. The van der Waals surface area contributed by atoms with Crippen LogP contribution < -0.4 is 19.7 Å². The van der Waals surface area contributed by atoms with E-state index in [0.29, 0.717) is 0 Å². The Morgan fingerprint density at radius 1 is 1.06 bits per heavy atom. The maximum absolute atomic E-state index is 13.0. The van der Waals surface area contributed by atoms with Gasteiger partial charge in [-0.15, -0.1) is 0 Å². The molecule has 12 heteroatoms. The monoisotopic (exact) mass is 512 g/mol. The van der Waals surface area contributed by atoms with Crippen molar-refractivity contribution in [2.75, 3.05) is 18.1 Å². The first-order chi connectivity index (χ1) is 15.6. The number of urea groups is 1. The average Bonchev–Trinajstić information content (AvgIpc) is 2.73. The second kappa shape index (κ2) is 10.1. The third-order valence-electron chi connectivity index (χ3n) is 4.25. The SMILES string of the molecule is CCOc1cc(/C=C2\C(=O)NC(=O)N(c3ccc(Cl)c(Cl)c3)C2=O)cc(Cl)c1OCC(=O)O. The molecule has 3 rings (SSSR count). The van der Waals surface area contributed by atoms with Crippen LogP contribution in [-0.2, 0) is 14.4 Å². The first-order valence-electron chi connectivity index (χ1n) is 9.29. The molecule has 1 heterocycles. The van der Waals surface area contributed by atoms with E-state index >= 15 is 0 Å². The maximum Gasteiger partial charge on any atom is 0.341 e. The van der Waals surface area contributed by atoms with Crippen molar-refractivity contribution in [3.8, 4) is 11.5 Å². The zero-order valence-corrected chi connectivity index (χ0v) is 19.1. The molecule has 0 unspecified atom stereocenters. The molecule has 0 aliphatic carbocycles. The Morgan fingerprint density at radius 2 is 1.79 bits per heavy atom. The van der Waals surface area contributed by atoms with Gasteiger partial charge in [-0.25, -0.2) is 14.5 Å². The van der Waals surface area contributed by atoms with Gasteiger partial charge in [0.25, 0.3) is 11.8 Å². The van der Waals surface area contributed by atoms with Crippen LogP contribution in [0, 0.1) is 0 Å². The summed E-state index contributed by atoms with van der Waals surface area (Å²) in [5.41, 5.74) is 0.0159. The van der Waals surface area contributed by atoms with Crippen molar-refractivity contribution in [2.24, 2.45) is 0 Å². The molecular weight excluding hydrogens is 499 g/mol. The number of hydrogen-bond acceptors (Lipinski definition) is 6. The molecule has 172 valence electrons. The number of aliphatic carboxylic acids is 1. The number of halogens is 3. The summed E-state index contributed by atoms with van der Waals surface area (Å²) in [7, 11) is 0. The lowest BCUT2D eigenvalue weighted by Crippen LogP contribution is -2.54. The lowest BCUT2D eigenvalue weighted by Gasteiger charge is -2.26. The molecule has 0 bridgehead atoms. The Balaban J connectivity index is 2.02. The quantitative estimate of drug-likeness (QED) is 0.421. The minimum absolute atomic E-state index is 0.00451. The van der Waals surface area contributed by atoms with E-state index < -0.39 is 30.4 Å². The second-order valence-electron chi connectivity index (χ2n) is 6.50. The van der Waals surface area contributed by atoms with E-state index in [1.54, 1.807) is 6.92 Å². The highest BCUT2D eigenvalue weighted by Gasteiger charge is 2.37. The highest BCUT2D eigenvalue weighted by Crippen LogP contribution is 2.38. The normalized spacial score (nSPS) is 15.0. The van der Waals surface area contributed by atoms with E-state index in [9.17, 15) is 19.2 Å². The topological polar surface area (TPSA) is 122 Å². The number of carboxylic acids is 1. The number of barbiturate groups is 1. The summed E-state index contributed by atoms with van der Waals surface area (Å²) in [6.45, 7) is 1.25. The molecule has 0 saturated carbocycles. The van der Waals surface area contributed by atoms with Gasteiger partial charge in [0.15, 0.2) is 18.1 Å². The van der Waals surface area contributed by atoms with Crippen LogP contribution >= 0.6 is 34.8 Å². The summed E-state index contributed by atoms with van der Waals surface area (Å²) < 4.78 is 10.6. The number of benzene rings is 2. The third-order valence-corrected chi connectivity index (χ3v) is 5.27. The van der Waals surface area contributed by atoms with Crippen molar-refractivity contribution in [3.05, 3.63) is 56.5 Å². The zero-order valence-electron chi connectivity index (χ0n) is 16.9. The standard InChI is InChI=1S/C21H15Cl3N2O7/c1-2-32-16-7-10(6-15(24)18(16)33-9-17(27)28)5-12-19(29)25-21(31)26(20(12)30)11-3-4-13(22)14(23)8-11/h3-8H,2,9H2,1H3,(H,27,28)(H,25,29,31)/b12-5+. The number of imide groups is 2. The number of carbonyl (C=O) groups is 4. The molecule has 33 heavy (non-hydrogen) atoms. The summed E-state index contributed by atoms with van der Waals surface area (Å²) >= 11 is 18.1. The van der Waals surface area contributed by atoms with Crippen LogP contribution in [0.5, 0.6) is 11.5 Å². The number of ether oxygens (including phenoxy) is 2. The van der Waals surface area contributed by atoms with E-state index in [4.69, 9.17) is 49.4 Å². The molecule has 1 saturated heterocycles. The average molecular weight is 514 g/mol. The molecule has 1 aliphatic heterocycles. The van der Waals surface area contributed by atoms with Crippen molar-refractivity contribution in [2.45, 2.75) is 6.92 Å². The molecule has 1 fully saturated rings. The molecule has 0 aromatic heterocycles. The van der Waals surface area contributed by atoms with E-state index in [1.165, 1.54) is 36.4 Å². The first-order valence-corrected chi connectivity index (χ1v) is 10.4. The first kappa shape index (κ1) is 24.4. The molecule has 2 N–H and O–H groups in total. The number of amides is 4. The maximum atomic E-state index is 13.0. The van der Waals surface area contributed by atoms with Gasteiger partial charge in [0.1, 0.15) is 5.57 Å². The van der Waals surface area contributed by atoms with E-state index in [2.05, 4.69) is 5.32 Å².